The summed E-state index contributed by atoms with van der Waals surface area (Å²) in [6.07, 6.45) is 0. The first kappa shape index (κ1) is 25.3. The van der Waals surface area contributed by atoms with Gasteiger partial charge in [-0.1, -0.05) is 39.3 Å². The third kappa shape index (κ3) is 6.16. The Morgan fingerprint density at radius 3 is 2.48 bits per heavy atom. The van der Waals surface area contributed by atoms with Crippen molar-refractivity contribution < 1.29 is 9.59 Å². The van der Waals surface area contributed by atoms with Crippen molar-refractivity contribution in [3.05, 3.63) is 68.4 Å². The van der Waals surface area contributed by atoms with Gasteiger partial charge in [0.1, 0.15) is 0 Å². The van der Waals surface area contributed by atoms with Gasteiger partial charge in [-0.3, -0.25) is 9.59 Å². The van der Waals surface area contributed by atoms with Crippen LogP contribution < -0.4 is 10.6 Å². The maximum atomic E-state index is 12.5. The number of hydrogen-bond acceptors (Lipinski definition) is 5. The van der Waals surface area contributed by atoms with E-state index in [0.29, 0.717) is 28.1 Å². The molecule has 2 N–H and O–H groups in total. The summed E-state index contributed by atoms with van der Waals surface area (Å²) in [6.45, 7) is 8.41. The molecule has 0 fully saturated rings. The Bertz CT molecular complexity index is 1170. The van der Waals surface area contributed by atoms with E-state index in [0.717, 1.165) is 21.3 Å². The molecule has 2 aromatic carbocycles. The van der Waals surface area contributed by atoms with Gasteiger partial charge in [0.15, 0.2) is 11.0 Å². The number of carbonyl (C=O) groups excluding carboxylic acids is 2. The Morgan fingerprint density at radius 2 is 1.82 bits per heavy atom. The minimum Gasteiger partial charge on any atom is -0.342 e. The van der Waals surface area contributed by atoms with Gasteiger partial charge in [0.2, 0.25) is 5.91 Å². The zero-order valence-corrected chi connectivity index (χ0v) is 21.9. The van der Waals surface area contributed by atoms with Crippen molar-refractivity contribution in [1.82, 2.24) is 20.1 Å². The van der Waals surface area contributed by atoms with E-state index in [1.807, 2.05) is 44.4 Å². The van der Waals surface area contributed by atoms with Crippen LogP contribution in [0.2, 0.25) is 5.02 Å². The normalized spacial score (nSPS) is 11.8. The number of aromatic nitrogens is 3. The van der Waals surface area contributed by atoms with Crippen molar-refractivity contribution in [2.24, 2.45) is 0 Å². The number of anilines is 1. The van der Waals surface area contributed by atoms with E-state index in [1.54, 1.807) is 24.3 Å². The Morgan fingerprint density at radius 1 is 1.12 bits per heavy atom. The number of nitrogens with one attached hydrogen (secondary N) is 2. The van der Waals surface area contributed by atoms with Crippen molar-refractivity contribution >= 4 is 56.8 Å². The first-order valence-electron chi connectivity index (χ1n) is 10.4. The van der Waals surface area contributed by atoms with Gasteiger partial charge in [0.05, 0.1) is 11.8 Å². The minimum atomic E-state index is -0.364. The summed E-state index contributed by atoms with van der Waals surface area (Å²) >= 11 is 10.7. The van der Waals surface area contributed by atoms with Crippen molar-refractivity contribution in [3.8, 4) is 0 Å². The number of carbonyl (C=O) groups is 2. The molecule has 0 unspecified atom stereocenters. The third-order valence-corrected chi connectivity index (χ3v) is 7.31. The van der Waals surface area contributed by atoms with Crippen molar-refractivity contribution in [2.75, 3.05) is 11.1 Å². The molecule has 0 bridgehead atoms. The SMILES string of the molecule is CCn1c(SCC(=O)Nc2ccc(Br)c(C)c2C)nnc1[C@H](C)NC(=O)c1ccc(Cl)cc1. The number of hydrogen-bond donors (Lipinski definition) is 2. The molecular weight excluding hydrogens is 526 g/mol. The molecule has 10 heteroatoms. The topological polar surface area (TPSA) is 88.9 Å². The molecule has 0 aliphatic carbocycles. The molecule has 1 heterocycles. The molecule has 3 aromatic rings. The van der Waals surface area contributed by atoms with E-state index < -0.39 is 0 Å². The van der Waals surface area contributed by atoms with Gasteiger partial charge in [0.25, 0.3) is 5.91 Å². The molecule has 0 radical (unpaired) electrons. The summed E-state index contributed by atoms with van der Waals surface area (Å²) in [5.41, 5.74) is 3.41. The van der Waals surface area contributed by atoms with E-state index in [1.165, 1.54) is 11.8 Å². The lowest BCUT2D eigenvalue weighted by Crippen LogP contribution is -2.28. The molecule has 33 heavy (non-hydrogen) atoms. The number of rotatable bonds is 8. The molecule has 0 spiro atoms. The largest absolute Gasteiger partial charge is 0.342 e. The Hall–Kier alpha value is -2.36. The molecule has 7 nitrogen and oxygen atoms in total. The summed E-state index contributed by atoms with van der Waals surface area (Å²) in [5.74, 6) is 0.472. The second-order valence-electron chi connectivity index (χ2n) is 7.47. The molecule has 1 aromatic heterocycles. The zero-order chi connectivity index (χ0) is 24.1. The monoisotopic (exact) mass is 549 g/mol. The van der Waals surface area contributed by atoms with Crippen LogP contribution in [0, 0.1) is 13.8 Å². The molecule has 0 saturated heterocycles. The Labute approximate surface area is 210 Å². The molecule has 0 saturated carbocycles. The Balaban J connectivity index is 1.64. The first-order valence-corrected chi connectivity index (χ1v) is 12.5. The number of benzene rings is 2. The fraction of sp³-hybridized carbons (Fsp3) is 0.304. The molecule has 2 amide bonds. The summed E-state index contributed by atoms with van der Waals surface area (Å²) in [7, 11) is 0. The Kier molecular flexibility index (Phi) is 8.56. The fourth-order valence-corrected chi connectivity index (χ4v) is 4.57. The first-order chi connectivity index (χ1) is 15.7. The van der Waals surface area contributed by atoms with Crippen LogP contribution in [0.15, 0.2) is 46.0 Å². The van der Waals surface area contributed by atoms with Crippen LogP contribution >= 0.6 is 39.3 Å². The highest BCUT2D eigenvalue weighted by atomic mass is 79.9. The van der Waals surface area contributed by atoms with Crippen LogP contribution in [-0.2, 0) is 11.3 Å². The van der Waals surface area contributed by atoms with Gasteiger partial charge in [-0.05, 0) is 75.2 Å². The minimum absolute atomic E-state index is 0.124. The second-order valence-corrected chi connectivity index (χ2v) is 9.70. The molecule has 174 valence electrons. The molecule has 0 aliphatic rings. The quantitative estimate of drug-likeness (QED) is 0.359. The predicted molar refractivity (Wildman–Crippen MR) is 136 cm³/mol. The number of nitrogens with zero attached hydrogens (tertiary/aromatic N) is 3. The summed E-state index contributed by atoms with van der Waals surface area (Å²) in [6, 6.07) is 10.1. The van der Waals surface area contributed by atoms with Crippen LogP contribution in [0.25, 0.3) is 0 Å². The fourth-order valence-electron chi connectivity index (χ4n) is 3.21. The average molecular weight is 551 g/mol. The van der Waals surface area contributed by atoms with Gasteiger partial charge in [-0.15, -0.1) is 10.2 Å². The predicted octanol–water partition coefficient (Wildman–Crippen LogP) is 5.55. The van der Waals surface area contributed by atoms with Gasteiger partial charge >= 0.3 is 0 Å². The van der Waals surface area contributed by atoms with E-state index in [2.05, 4.69) is 36.8 Å². The highest BCUT2D eigenvalue weighted by molar-refractivity contribution is 9.10. The highest BCUT2D eigenvalue weighted by Crippen LogP contribution is 2.26. The third-order valence-electron chi connectivity index (χ3n) is 5.23. The maximum Gasteiger partial charge on any atom is 0.251 e. The molecule has 1 atom stereocenters. The standard InChI is InChI=1S/C23H25BrClN5O2S/c1-5-30-21(15(4)26-22(32)16-6-8-17(25)9-7-16)28-29-23(30)33-12-20(31)27-19-11-10-18(24)13(2)14(19)3/h6-11,15H,5,12H2,1-4H3,(H,26,32)(H,27,31)/t15-/m0/s1. The van der Waals surface area contributed by atoms with Crippen LogP contribution in [0.4, 0.5) is 5.69 Å². The van der Waals surface area contributed by atoms with Crippen molar-refractivity contribution in [1.29, 1.82) is 0 Å². The van der Waals surface area contributed by atoms with E-state index in [4.69, 9.17) is 11.6 Å². The van der Waals surface area contributed by atoms with E-state index >= 15 is 0 Å². The number of amides is 2. The van der Waals surface area contributed by atoms with Crippen molar-refractivity contribution in [3.63, 3.8) is 0 Å². The molecule has 0 aliphatic heterocycles. The number of thioether (sulfide) groups is 1. The lowest BCUT2D eigenvalue weighted by Gasteiger charge is -2.15. The lowest BCUT2D eigenvalue weighted by atomic mass is 10.1. The van der Waals surface area contributed by atoms with E-state index in [-0.39, 0.29) is 23.6 Å². The zero-order valence-electron chi connectivity index (χ0n) is 18.8. The van der Waals surface area contributed by atoms with Gasteiger partial charge < -0.3 is 15.2 Å². The van der Waals surface area contributed by atoms with Crippen molar-refractivity contribution in [2.45, 2.75) is 45.4 Å². The van der Waals surface area contributed by atoms with Crippen LogP contribution in [-0.4, -0.2) is 32.3 Å². The molecule has 3 rings (SSSR count). The van der Waals surface area contributed by atoms with Crippen LogP contribution in [0.1, 0.15) is 47.2 Å². The molecular formula is C23H25BrClN5O2S. The average Bonchev–Trinajstić information content (AvgIpc) is 3.21. The van der Waals surface area contributed by atoms with Crippen LogP contribution in [0.3, 0.4) is 0 Å². The number of halogens is 2. The van der Waals surface area contributed by atoms with Gasteiger partial charge in [-0.2, -0.15) is 0 Å². The lowest BCUT2D eigenvalue weighted by molar-refractivity contribution is -0.113. The summed E-state index contributed by atoms with van der Waals surface area (Å²) in [4.78, 5) is 25.1. The summed E-state index contributed by atoms with van der Waals surface area (Å²) in [5, 5.41) is 15.6. The van der Waals surface area contributed by atoms with Crippen LogP contribution in [0.5, 0.6) is 0 Å². The summed E-state index contributed by atoms with van der Waals surface area (Å²) < 4.78 is 2.91. The van der Waals surface area contributed by atoms with Gasteiger partial charge in [-0.25, -0.2) is 0 Å². The van der Waals surface area contributed by atoms with E-state index in [9.17, 15) is 9.59 Å². The second kappa shape index (κ2) is 11.2. The smallest absolute Gasteiger partial charge is 0.251 e. The maximum absolute atomic E-state index is 12.5. The van der Waals surface area contributed by atoms with Gasteiger partial charge in [0, 0.05) is 27.3 Å². The highest BCUT2D eigenvalue weighted by Gasteiger charge is 2.20.